The zero-order chi connectivity index (χ0) is 14.9. The largest absolute Gasteiger partial charge is 0.351 e. The Morgan fingerprint density at radius 2 is 2.19 bits per heavy atom. The van der Waals surface area contributed by atoms with Crippen molar-refractivity contribution in [3.8, 4) is 0 Å². The summed E-state index contributed by atoms with van der Waals surface area (Å²) >= 11 is 1.86. The molecule has 4 nitrogen and oxygen atoms in total. The molecule has 5 heteroatoms. The lowest BCUT2D eigenvalue weighted by molar-refractivity contribution is -0.116. The molecule has 0 aromatic heterocycles. The van der Waals surface area contributed by atoms with E-state index in [1.54, 1.807) is 6.07 Å². The van der Waals surface area contributed by atoms with Crippen molar-refractivity contribution in [3.63, 3.8) is 0 Å². The van der Waals surface area contributed by atoms with Gasteiger partial charge in [-0.05, 0) is 49.3 Å². The van der Waals surface area contributed by atoms with E-state index in [4.69, 9.17) is 0 Å². The highest BCUT2D eigenvalue weighted by atomic mass is 32.2. The van der Waals surface area contributed by atoms with Crippen LogP contribution in [0.2, 0.25) is 0 Å². The number of amides is 2. The molecule has 1 saturated carbocycles. The zero-order valence-electron chi connectivity index (χ0n) is 12.2. The summed E-state index contributed by atoms with van der Waals surface area (Å²) < 4.78 is 0.248. The third-order valence-electron chi connectivity index (χ3n) is 4.53. The molecule has 1 heterocycles. The number of rotatable bonds is 4. The van der Waals surface area contributed by atoms with Crippen LogP contribution >= 0.6 is 11.8 Å². The van der Waals surface area contributed by atoms with Gasteiger partial charge in [0.25, 0.3) is 5.91 Å². The molecule has 0 bridgehead atoms. The number of hydrogen-bond acceptors (Lipinski definition) is 3. The van der Waals surface area contributed by atoms with Crippen LogP contribution in [0.25, 0.3) is 0 Å². The maximum absolute atomic E-state index is 12.3. The molecule has 0 atom stereocenters. The number of carbonyl (C=O) groups is 2. The van der Waals surface area contributed by atoms with Crippen LogP contribution in [0.3, 0.4) is 0 Å². The van der Waals surface area contributed by atoms with E-state index in [0.717, 1.165) is 17.8 Å². The lowest BCUT2D eigenvalue weighted by Crippen LogP contribution is -2.45. The van der Waals surface area contributed by atoms with Crippen LogP contribution in [-0.4, -0.2) is 29.4 Å². The number of carbonyl (C=O) groups excluding carboxylic acids is 2. The molecule has 1 fully saturated rings. The standard InChI is InChI=1S/C16H20N2O2S/c1-21-16(7-2-8-16)10-17-15(20)12-3-5-13-11(9-12)4-6-14(19)18-13/h3,5,9H,2,4,6-8,10H2,1H3,(H,17,20)(H,18,19). The second-order valence-corrected chi connectivity index (χ2v) is 7.12. The molecule has 3 rings (SSSR count). The molecule has 0 unspecified atom stereocenters. The average molecular weight is 304 g/mol. The number of aryl methyl sites for hydroxylation is 1. The van der Waals surface area contributed by atoms with Crippen LogP contribution < -0.4 is 10.6 Å². The van der Waals surface area contributed by atoms with Gasteiger partial charge in [0.05, 0.1) is 0 Å². The van der Waals surface area contributed by atoms with Crippen LogP contribution in [0.15, 0.2) is 18.2 Å². The quantitative estimate of drug-likeness (QED) is 0.899. The van der Waals surface area contributed by atoms with Crippen LogP contribution in [-0.2, 0) is 11.2 Å². The van der Waals surface area contributed by atoms with Gasteiger partial charge in [-0.3, -0.25) is 9.59 Å². The second kappa shape index (κ2) is 5.72. The number of hydrogen-bond donors (Lipinski definition) is 2. The number of anilines is 1. The second-order valence-electron chi connectivity index (χ2n) is 5.84. The van der Waals surface area contributed by atoms with Crippen molar-refractivity contribution in [3.05, 3.63) is 29.3 Å². The molecule has 0 radical (unpaired) electrons. The highest BCUT2D eigenvalue weighted by molar-refractivity contribution is 8.00. The highest BCUT2D eigenvalue weighted by Crippen LogP contribution is 2.42. The summed E-state index contributed by atoms with van der Waals surface area (Å²) in [5, 5.41) is 5.90. The van der Waals surface area contributed by atoms with Crippen LogP contribution in [0.5, 0.6) is 0 Å². The molecule has 0 spiro atoms. The normalized spacial score (nSPS) is 19.2. The predicted molar refractivity (Wildman–Crippen MR) is 85.8 cm³/mol. The van der Waals surface area contributed by atoms with Gasteiger partial charge >= 0.3 is 0 Å². The van der Waals surface area contributed by atoms with Crippen LogP contribution in [0.1, 0.15) is 41.6 Å². The fraction of sp³-hybridized carbons (Fsp3) is 0.500. The summed E-state index contributed by atoms with van der Waals surface area (Å²) in [7, 11) is 0. The topological polar surface area (TPSA) is 58.2 Å². The molecule has 1 aromatic rings. The highest BCUT2D eigenvalue weighted by Gasteiger charge is 2.36. The monoisotopic (exact) mass is 304 g/mol. The van der Waals surface area contributed by atoms with E-state index in [1.807, 2.05) is 23.9 Å². The van der Waals surface area contributed by atoms with Gasteiger partial charge in [-0.15, -0.1) is 0 Å². The van der Waals surface area contributed by atoms with Gasteiger partial charge in [0.1, 0.15) is 0 Å². The Morgan fingerprint density at radius 1 is 1.38 bits per heavy atom. The van der Waals surface area contributed by atoms with Crippen molar-refractivity contribution < 1.29 is 9.59 Å². The van der Waals surface area contributed by atoms with E-state index in [2.05, 4.69) is 16.9 Å². The average Bonchev–Trinajstić information content (AvgIpc) is 2.45. The van der Waals surface area contributed by atoms with Gasteiger partial charge in [-0.1, -0.05) is 6.42 Å². The summed E-state index contributed by atoms with van der Waals surface area (Å²) in [6.07, 6.45) is 6.95. The summed E-state index contributed by atoms with van der Waals surface area (Å²) in [6, 6.07) is 5.51. The zero-order valence-corrected chi connectivity index (χ0v) is 13.0. The minimum absolute atomic E-state index is 0.0185. The summed E-state index contributed by atoms with van der Waals surface area (Å²) in [5.41, 5.74) is 2.56. The van der Waals surface area contributed by atoms with Gasteiger partial charge < -0.3 is 10.6 Å². The van der Waals surface area contributed by atoms with Gasteiger partial charge in [-0.2, -0.15) is 11.8 Å². The van der Waals surface area contributed by atoms with Crippen molar-refractivity contribution in [1.29, 1.82) is 0 Å². The van der Waals surface area contributed by atoms with Crippen LogP contribution in [0, 0.1) is 0 Å². The predicted octanol–water partition coefficient (Wildman–Crippen LogP) is 2.59. The van der Waals surface area contributed by atoms with E-state index < -0.39 is 0 Å². The molecule has 21 heavy (non-hydrogen) atoms. The number of thioether (sulfide) groups is 1. The lowest BCUT2D eigenvalue weighted by Gasteiger charge is -2.40. The molecule has 0 saturated heterocycles. The molecule has 112 valence electrons. The van der Waals surface area contributed by atoms with Crippen molar-refractivity contribution in [2.45, 2.75) is 36.9 Å². The first-order chi connectivity index (χ1) is 10.1. The molecular weight excluding hydrogens is 284 g/mol. The molecule has 1 aromatic carbocycles. The Morgan fingerprint density at radius 3 is 2.86 bits per heavy atom. The van der Waals surface area contributed by atoms with Crippen molar-refractivity contribution in [1.82, 2.24) is 5.32 Å². The maximum Gasteiger partial charge on any atom is 0.251 e. The molecule has 2 amide bonds. The summed E-state index contributed by atoms with van der Waals surface area (Å²) in [4.78, 5) is 23.6. The summed E-state index contributed by atoms with van der Waals surface area (Å²) in [6.45, 7) is 0.737. The van der Waals surface area contributed by atoms with Gasteiger partial charge in [0, 0.05) is 29.0 Å². The first-order valence-electron chi connectivity index (χ1n) is 7.38. The third kappa shape index (κ3) is 2.93. The number of benzene rings is 1. The fourth-order valence-corrected chi connectivity index (χ4v) is 3.81. The van der Waals surface area contributed by atoms with Gasteiger partial charge in [0.15, 0.2) is 0 Å². The van der Waals surface area contributed by atoms with Crippen molar-refractivity contribution in [2.24, 2.45) is 0 Å². The van der Waals surface area contributed by atoms with E-state index in [-0.39, 0.29) is 16.6 Å². The minimum Gasteiger partial charge on any atom is -0.351 e. The molecular formula is C16H20N2O2S. The minimum atomic E-state index is -0.0185. The van der Waals surface area contributed by atoms with Crippen LogP contribution in [0.4, 0.5) is 5.69 Å². The van der Waals surface area contributed by atoms with E-state index >= 15 is 0 Å². The Hall–Kier alpha value is -1.49. The Labute approximate surface area is 129 Å². The van der Waals surface area contributed by atoms with E-state index in [1.165, 1.54) is 19.3 Å². The molecule has 2 N–H and O–H groups in total. The van der Waals surface area contributed by atoms with E-state index in [9.17, 15) is 9.59 Å². The van der Waals surface area contributed by atoms with Crippen molar-refractivity contribution in [2.75, 3.05) is 18.1 Å². The smallest absolute Gasteiger partial charge is 0.251 e. The third-order valence-corrected chi connectivity index (χ3v) is 5.95. The molecule has 2 aliphatic rings. The first-order valence-corrected chi connectivity index (χ1v) is 8.60. The fourth-order valence-electron chi connectivity index (χ4n) is 2.89. The molecule has 1 aliphatic carbocycles. The van der Waals surface area contributed by atoms with Gasteiger partial charge in [0.2, 0.25) is 5.91 Å². The first kappa shape index (κ1) is 14.4. The summed E-state index contributed by atoms with van der Waals surface area (Å²) in [5.74, 6) is 0.0293. The maximum atomic E-state index is 12.3. The van der Waals surface area contributed by atoms with Gasteiger partial charge in [-0.25, -0.2) is 0 Å². The Kier molecular flexibility index (Phi) is 3.93. The van der Waals surface area contributed by atoms with Crippen molar-refractivity contribution >= 4 is 29.3 Å². The molecule has 1 aliphatic heterocycles. The number of nitrogens with one attached hydrogen (secondary N) is 2. The van der Waals surface area contributed by atoms with E-state index in [0.29, 0.717) is 18.4 Å². The Balaban J connectivity index is 1.66. The Bertz CT molecular complexity index is 576. The SMILES string of the molecule is CSC1(CNC(=O)c2ccc3c(c2)CCC(=O)N3)CCC1. The lowest BCUT2D eigenvalue weighted by atomic mass is 9.84. The number of fused-ring (bicyclic) bond motifs is 1.